The van der Waals surface area contributed by atoms with Crippen LogP contribution in [-0.2, 0) is 107 Å². The van der Waals surface area contributed by atoms with Crippen molar-refractivity contribution in [1.29, 1.82) is 0 Å². The summed E-state index contributed by atoms with van der Waals surface area (Å²) in [4.78, 5) is 240. The number of aliphatic carboxylic acids is 2. The molecule has 0 fully saturated rings. The average molecular weight is 1710 g/mol. The third-order valence-corrected chi connectivity index (χ3v) is 18.9. The van der Waals surface area contributed by atoms with Crippen molar-refractivity contribution >= 4 is 99.8 Å². The maximum Gasteiger partial charge on any atom is 0.305 e. The van der Waals surface area contributed by atoms with E-state index in [2.05, 4.69) is 69.8 Å². The SMILES string of the molecule is CC(C)C[C@H](NN[C@@H](Cc1ccc(O)cc1)C(=O)NC1Cc2ccccc2CC(C(=O)C(=O)[C@H](CCCCN)NC(=O)[C@H](CCCCN)NC(=O)[C@H](Cc2ccc(O)cc2)NN[C@@H](CCCNC(N)N)C(=O)C(=O)[C@H](CO)NO)NC(=O)[C@H](CC(N)=O)NC(=O)[C@H](CO)NN[C@@H](CO)C(=O)C(=O)[C@H](CC(=O)O)NC(=O)[C@H](CC(=O)O)NC1=O)C(N)=O. The number of nitrogens with two attached hydrogens (primary N) is 6. The number of hydroxylamine groups is 1. The van der Waals surface area contributed by atoms with Crippen molar-refractivity contribution in [3.05, 3.63) is 95.1 Å². The van der Waals surface area contributed by atoms with E-state index in [9.17, 15) is 98.5 Å². The molecule has 14 atom stereocenters. The number of carboxylic acid groups (broad SMARTS) is 2. The van der Waals surface area contributed by atoms with E-state index >= 15 is 24.0 Å². The predicted molar refractivity (Wildman–Crippen MR) is 425 cm³/mol. The number of aliphatic hydroxyl groups excluding tert-OH is 3. The lowest BCUT2D eigenvalue weighted by atomic mass is 9.90. The second-order valence-electron chi connectivity index (χ2n) is 29.0. The minimum absolute atomic E-state index is 0.0185. The van der Waals surface area contributed by atoms with Crippen LogP contribution < -0.4 is 115 Å². The van der Waals surface area contributed by atoms with Crippen molar-refractivity contribution in [3.8, 4) is 11.5 Å². The summed E-state index contributed by atoms with van der Waals surface area (Å²) >= 11 is 0. The van der Waals surface area contributed by atoms with Gasteiger partial charge in [0.05, 0.1) is 63.3 Å². The lowest BCUT2D eigenvalue weighted by Crippen LogP contribution is -2.62. The van der Waals surface area contributed by atoms with Crippen LogP contribution in [0.5, 0.6) is 11.5 Å². The van der Waals surface area contributed by atoms with E-state index in [1.165, 1.54) is 72.8 Å². The standard InChI is InChI=1S/C75H113N21O25/c1-37(2)26-49(67(79)113)91-93-54(28-39-17-21-43(101)22-18-39)73(119)87-50-30-41-11-4-3-10-40(41)29-47(85-70(116)51(31-58(78)102)88-74(120)57(36-99)95-94-55(34-97)65(111)64(110)48(32-59(103)104)86-71(117)52(33-60(105)106)89-69(50)115)63(109)61(107)44(12-5-7-23-76)83-68(114)46(13-6-8-24-77)84-72(118)53(27-38-15-19-42(100)20-16-38)92-90-45(14-9-25-82-75(80)81)62(108)66(112)56(35-98)96-121/h3-4,10-11,15-22,37,44-57,75,82,90-101,121H,5-9,12-14,23-36,76-77,80-81H2,1-2H3,(H2,78,102)(H2,79,113)(H,83,114)(H,84,118)(H,85,116)(H,86,117)(H,87,119)(H,88,120)(H,89,115)(H,103,104)(H,105,106)/t44-,45-,46-,47?,48-,49-,50?,51-,52-,53-,54-,55-,56-,57-/m0/s1. The summed E-state index contributed by atoms with van der Waals surface area (Å²) in [5, 5.41) is 99.8. The molecule has 1 aliphatic heterocycles. The van der Waals surface area contributed by atoms with E-state index in [1.54, 1.807) is 19.3 Å². The van der Waals surface area contributed by atoms with Crippen LogP contribution in [0.4, 0.5) is 0 Å². The molecule has 0 radical (unpaired) electrons. The van der Waals surface area contributed by atoms with Crippen molar-refractivity contribution in [2.75, 3.05) is 39.5 Å². The molecule has 3 aromatic rings. The maximum atomic E-state index is 15.6. The Morgan fingerprint density at radius 1 is 0.488 bits per heavy atom. The Balaban J connectivity index is 2.02. The molecule has 0 aliphatic carbocycles. The molecular weight excluding hydrogens is 1590 g/mol. The van der Waals surface area contributed by atoms with Crippen LogP contribution in [0, 0.1) is 5.92 Å². The van der Waals surface area contributed by atoms with Gasteiger partial charge < -0.3 is 113 Å². The summed E-state index contributed by atoms with van der Waals surface area (Å²) < 4.78 is 0. The normalized spacial score (nSPS) is 19.7. The fourth-order valence-corrected chi connectivity index (χ4v) is 12.3. The number of phenols is 2. The molecule has 4 rings (SSSR count). The quantitative estimate of drug-likeness (QED) is 0.0108. The lowest BCUT2D eigenvalue weighted by molar-refractivity contribution is -0.145. The second kappa shape index (κ2) is 52.8. The molecule has 46 heteroatoms. The number of phenolic OH excluding ortho intramolecular Hbond substituents is 2. The molecule has 3 aromatic carbocycles. The van der Waals surface area contributed by atoms with Crippen LogP contribution in [0.1, 0.15) is 113 Å². The summed E-state index contributed by atoms with van der Waals surface area (Å²) in [6, 6.07) is -10.5. The van der Waals surface area contributed by atoms with Crippen molar-refractivity contribution < 1.29 is 122 Å². The van der Waals surface area contributed by atoms with E-state index in [0.717, 1.165) is 0 Å². The van der Waals surface area contributed by atoms with Gasteiger partial charge in [-0.05, 0) is 143 Å². The molecule has 2 unspecified atom stereocenters. The number of hydrogen-bond donors (Lipinski definition) is 29. The molecule has 121 heavy (non-hydrogen) atoms. The van der Waals surface area contributed by atoms with Gasteiger partial charge in [-0.3, -0.25) is 86.8 Å². The van der Waals surface area contributed by atoms with E-state index in [1.807, 2.05) is 5.32 Å². The van der Waals surface area contributed by atoms with Gasteiger partial charge in [-0.15, -0.1) is 0 Å². The number of amides is 9. The molecular formula is C75H113N21O25. The molecule has 35 N–H and O–H groups in total. The summed E-state index contributed by atoms with van der Waals surface area (Å²) in [6.07, 6.45) is -7.40. The zero-order valence-electron chi connectivity index (χ0n) is 66.7. The molecule has 0 bridgehead atoms. The Hall–Kier alpha value is -11.2. The number of unbranched alkanes of at least 4 members (excludes halogenated alkanes) is 2. The molecule has 46 nitrogen and oxygen atoms in total. The van der Waals surface area contributed by atoms with Gasteiger partial charge in [-0.25, -0.2) is 32.6 Å². The Morgan fingerprint density at radius 2 is 0.934 bits per heavy atom. The Morgan fingerprint density at radius 3 is 1.45 bits per heavy atom. The highest BCUT2D eigenvalue weighted by Gasteiger charge is 2.42. The first-order chi connectivity index (χ1) is 57.4. The van der Waals surface area contributed by atoms with E-state index in [-0.39, 0.29) is 112 Å². The average Bonchev–Trinajstić information content (AvgIpc) is 1.21. The number of hydrogen-bond acceptors (Lipinski definition) is 35. The number of hydrazine groups is 3. The summed E-state index contributed by atoms with van der Waals surface area (Å²) in [5.41, 5.74) is 51.6. The zero-order valence-corrected chi connectivity index (χ0v) is 66.7. The third-order valence-electron chi connectivity index (χ3n) is 18.9. The fourth-order valence-electron chi connectivity index (χ4n) is 12.3. The van der Waals surface area contributed by atoms with Gasteiger partial charge in [-0.2, -0.15) is 5.48 Å². The number of carbonyl (C=O) groups is 17. The van der Waals surface area contributed by atoms with Gasteiger partial charge in [0.25, 0.3) is 0 Å². The van der Waals surface area contributed by atoms with Crippen LogP contribution in [0.2, 0.25) is 0 Å². The molecule has 0 aromatic heterocycles. The monoisotopic (exact) mass is 1710 g/mol. The van der Waals surface area contributed by atoms with Gasteiger partial charge in [-0.1, -0.05) is 62.4 Å². The number of aromatic hydroxyl groups is 2. The highest BCUT2D eigenvalue weighted by molar-refractivity contribution is 6.42. The summed E-state index contributed by atoms with van der Waals surface area (Å²) in [7, 11) is 0. The second-order valence-corrected chi connectivity index (χ2v) is 29.0. The van der Waals surface area contributed by atoms with E-state index < -0.39 is 249 Å². The van der Waals surface area contributed by atoms with Crippen molar-refractivity contribution in [3.63, 3.8) is 0 Å². The topological polar surface area (TPSA) is 789 Å². The summed E-state index contributed by atoms with van der Waals surface area (Å²) in [5.74, 6) is -24.7. The smallest absolute Gasteiger partial charge is 0.305 e. The number of nitrogens with one attached hydrogen (secondary N) is 15. The minimum Gasteiger partial charge on any atom is -0.508 e. The van der Waals surface area contributed by atoms with Gasteiger partial charge in [0.15, 0.2) is 0 Å². The van der Waals surface area contributed by atoms with Gasteiger partial charge >= 0.3 is 11.9 Å². The Bertz CT molecular complexity index is 4030. The highest BCUT2D eigenvalue weighted by atomic mass is 16.5. The number of Topliss-reactive ketones (excluding diaryl/α,β-unsaturated/α-hetero) is 6. The van der Waals surface area contributed by atoms with Crippen LogP contribution in [0.25, 0.3) is 0 Å². The first-order valence-corrected chi connectivity index (χ1v) is 38.8. The first-order valence-electron chi connectivity index (χ1n) is 38.8. The molecule has 0 saturated carbocycles. The molecule has 668 valence electrons. The third kappa shape index (κ3) is 35.2. The number of aliphatic hydroxyl groups is 3. The number of carbonyl (C=O) groups excluding carboxylic acids is 15. The number of carboxylic acids is 2. The lowest BCUT2D eigenvalue weighted by Gasteiger charge is -2.28. The largest absolute Gasteiger partial charge is 0.508 e. The van der Waals surface area contributed by atoms with E-state index in [0.29, 0.717) is 11.1 Å². The van der Waals surface area contributed by atoms with E-state index in [4.69, 9.17) is 34.4 Å². The number of fused-ring (bicyclic) bond motifs is 1. The zero-order chi connectivity index (χ0) is 90.2. The Labute approximate surface area is 694 Å². The molecule has 0 spiro atoms. The maximum absolute atomic E-state index is 15.6. The number of rotatable bonds is 48. The van der Waals surface area contributed by atoms with Crippen LogP contribution in [-0.4, -0.2) is 271 Å². The number of primary amides is 2. The van der Waals surface area contributed by atoms with Gasteiger partial charge in [0.2, 0.25) is 87.9 Å². The van der Waals surface area contributed by atoms with Crippen LogP contribution in [0.3, 0.4) is 0 Å². The first kappa shape index (κ1) is 102. The van der Waals surface area contributed by atoms with Gasteiger partial charge in [0.1, 0.15) is 78.2 Å². The van der Waals surface area contributed by atoms with Crippen molar-refractivity contribution in [2.45, 2.75) is 207 Å². The molecule has 9 amide bonds. The number of ketones is 6. The summed E-state index contributed by atoms with van der Waals surface area (Å²) in [6.45, 7) is -0.0291. The minimum atomic E-state index is -2.43. The highest BCUT2D eigenvalue weighted by Crippen LogP contribution is 2.20. The van der Waals surface area contributed by atoms with Crippen molar-refractivity contribution in [1.82, 2.24) is 80.6 Å². The molecule has 1 aliphatic rings. The fraction of sp³-hybridized carbons (Fsp3) is 0.533. The van der Waals surface area contributed by atoms with Crippen molar-refractivity contribution in [2.24, 2.45) is 40.3 Å². The van der Waals surface area contributed by atoms with Crippen LogP contribution in [0.15, 0.2) is 72.8 Å². The molecule has 0 saturated heterocycles. The van der Waals surface area contributed by atoms with Crippen LogP contribution >= 0.6 is 0 Å². The number of benzene rings is 3. The predicted octanol–water partition coefficient (Wildman–Crippen LogP) is -10.5. The Kier molecular flexibility index (Phi) is 44.6. The van der Waals surface area contributed by atoms with Gasteiger partial charge in [0, 0.05) is 12.8 Å². The molecule has 1 heterocycles.